The van der Waals surface area contributed by atoms with Crippen LogP contribution in [-0.4, -0.2) is 0 Å². The molecule has 0 bridgehead atoms. The molecule has 1 nitrogen and oxygen atoms in total. The molecule has 39 heavy (non-hydrogen) atoms. The van der Waals surface area contributed by atoms with E-state index in [1.165, 1.54) is 54.9 Å². The number of hydrogen-bond donors (Lipinski definition) is 1. The van der Waals surface area contributed by atoms with Gasteiger partial charge in [-0.2, -0.15) is 0 Å². The lowest BCUT2D eigenvalue weighted by Crippen LogP contribution is -1.91. The molecular formula is C38H27N. The van der Waals surface area contributed by atoms with E-state index in [4.69, 9.17) is 0 Å². The minimum atomic E-state index is 1.07. The summed E-state index contributed by atoms with van der Waals surface area (Å²) in [6.07, 6.45) is 0. The molecule has 0 spiro atoms. The van der Waals surface area contributed by atoms with Crippen molar-refractivity contribution in [2.75, 3.05) is 5.32 Å². The Morgan fingerprint density at radius 3 is 1.36 bits per heavy atom. The van der Waals surface area contributed by atoms with Crippen LogP contribution >= 0.6 is 0 Å². The van der Waals surface area contributed by atoms with Crippen molar-refractivity contribution >= 4 is 32.9 Å². The summed E-state index contributed by atoms with van der Waals surface area (Å²) >= 11 is 0. The maximum atomic E-state index is 3.56. The highest BCUT2D eigenvalue weighted by atomic mass is 14.9. The fourth-order valence-corrected chi connectivity index (χ4v) is 5.42. The van der Waals surface area contributed by atoms with Crippen LogP contribution in [0.1, 0.15) is 0 Å². The zero-order valence-corrected chi connectivity index (χ0v) is 21.5. The normalized spacial score (nSPS) is 11.1. The number of anilines is 2. The van der Waals surface area contributed by atoms with E-state index in [2.05, 4.69) is 163 Å². The van der Waals surface area contributed by atoms with Crippen LogP contribution in [0, 0.1) is 0 Å². The fourth-order valence-electron chi connectivity index (χ4n) is 5.42. The van der Waals surface area contributed by atoms with Crippen molar-refractivity contribution in [3.8, 4) is 33.4 Å². The Labute approximate surface area is 229 Å². The minimum Gasteiger partial charge on any atom is -0.356 e. The molecule has 0 aliphatic heterocycles. The average Bonchev–Trinajstić information content (AvgIpc) is 3.02. The van der Waals surface area contributed by atoms with Crippen LogP contribution in [0.5, 0.6) is 0 Å². The van der Waals surface area contributed by atoms with Crippen molar-refractivity contribution in [1.29, 1.82) is 0 Å². The second kappa shape index (κ2) is 9.96. The van der Waals surface area contributed by atoms with Crippen LogP contribution in [0.3, 0.4) is 0 Å². The Morgan fingerprint density at radius 2 is 0.744 bits per heavy atom. The molecule has 0 aromatic heterocycles. The fraction of sp³-hybridized carbons (Fsp3) is 0. The van der Waals surface area contributed by atoms with Gasteiger partial charge in [0.1, 0.15) is 0 Å². The third-order valence-electron chi connectivity index (χ3n) is 7.46. The van der Waals surface area contributed by atoms with Crippen LogP contribution in [0.25, 0.3) is 54.9 Å². The molecule has 0 heterocycles. The second-order valence-corrected chi connectivity index (χ2v) is 9.91. The standard InChI is InChI=1S/C38H27N/c1-2-8-27(9-3-1)28-14-16-29(17-15-28)30-18-22-33(23-19-30)39-34-24-20-31(21-25-34)38-26-32-10-4-5-11-35(32)36-12-6-7-13-37(36)38/h1-26,39H. The van der Waals surface area contributed by atoms with Crippen molar-refractivity contribution < 1.29 is 0 Å². The second-order valence-electron chi connectivity index (χ2n) is 9.91. The predicted octanol–water partition coefficient (Wildman–Crippen LogP) is 10.7. The van der Waals surface area contributed by atoms with Crippen molar-refractivity contribution in [2.45, 2.75) is 0 Å². The summed E-state index contributed by atoms with van der Waals surface area (Å²) in [6, 6.07) is 56.3. The molecule has 0 aliphatic rings. The molecule has 7 aromatic rings. The van der Waals surface area contributed by atoms with Crippen LogP contribution in [-0.2, 0) is 0 Å². The molecule has 0 aliphatic carbocycles. The summed E-state index contributed by atoms with van der Waals surface area (Å²) in [7, 11) is 0. The Morgan fingerprint density at radius 1 is 0.308 bits per heavy atom. The van der Waals surface area contributed by atoms with Gasteiger partial charge in [-0.25, -0.2) is 0 Å². The van der Waals surface area contributed by atoms with Gasteiger partial charge in [0.2, 0.25) is 0 Å². The van der Waals surface area contributed by atoms with Gasteiger partial charge in [0.15, 0.2) is 0 Å². The summed E-state index contributed by atoms with van der Waals surface area (Å²) in [5, 5.41) is 8.70. The SMILES string of the molecule is c1ccc(-c2ccc(-c3ccc(Nc4ccc(-c5cc6ccccc6c6ccccc56)cc4)cc3)cc2)cc1. The molecule has 7 rings (SSSR count). The molecule has 1 heteroatoms. The number of hydrogen-bond acceptors (Lipinski definition) is 1. The number of rotatable bonds is 5. The lowest BCUT2D eigenvalue weighted by atomic mass is 9.93. The molecule has 184 valence electrons. The lowest BCUT2D eigenvalue weighted by molar-refractivity contribution is 1.54. The van der Waals surface area contributed by atoms with Gasteiger partial charge in [-0.1, -0.05) is 127 Å². The first-order chi connectivity index (χ1) is 19.3. The Kier molecular flexibility index (Phi) is 5.88. The summed E-state index contributed by atoms with van der Waals surface area (Å²) in [4.78, 5) is 0. The Hall–Kier alpha value is -5.14. The van der Waals surface area contributed by atoms with Gasteiger partial charge in [-0.05, 0) is 85.3 Å². The predicted molar refractivity (Wildman–Crippen MR) is 167 cm³/mol. The van der Waals surface area contributed by atoms with Gasteiger partial charge in [-0.3, -0.25) is 0 Å². The molecule has 0 atom stereocenters. The zero-order valence-electron chi connectivity index (χ0n) is 21.5. The van der Waals surface area contributed by atoms with Crippen LogP contribution < -0.4 is 5.32 Å². The molecule has 0 unspecified atom stereocenters. The van der Waals surface area contributed by atoms with Crippen molar-refractivity contribution in [2.24, 2.45) is 0 Å². The van der Waals surface area contributed by atoms with Crippen molar-refractivity contribution in [3.63, 3.8) is 0 Å². The smallest absolute Gasteiger partial charge is 0.0384 e. The lowest BCUT2D eigenvalue weighted by Gasteiger charge is -2.12. The summed E-state index contributed by atoms with van der Waals surface area (Å²) in [5.74, 6) is 0. The van der Waals surface area contributed by atoms with Gasteiger partial charge in [-0.15, -0.1) is 0 Å². The number of benzene rings is 7. The maximum Gasteiger partial charge on any atom is 0.0384 e. The van der Waals surface area contributed by atoms with Gasteiger partial charge < -0.3 is 5.32 Å². The first-order valence-corrected chi connectivity index (χ1v) is 13.4. The first-order valence-electron chi connectivity index (χ1n) is 13.4. The highest BCUT2D eigenvalue weighted by Gasteiger charge is 2.08. The van der Waals surface area contributed by atoms with Crippen LogP contribution in [0.15, 0.2) is 158 Å². The molecule has 7 aromatic carbocycles. The summed E-state index contributed by atoms with van der Waals surface area (Å²) < 4.78 is 0. The Balaban J connectivity index is 1.11. The molecule has 0 amide bonds. The number of fused-ring (bicyclic) bond motifs is 3. The highest BCUT2D eigenvalue weighted by Crippen LogP contribution is 2.35. The summed E-state index contributed by atoms with van der Waals surface area (Å²) in [5.41, 5.74) is 9.52. The topological polar surface area (TPSA) is 12.0 Å². The molecule has 0 fully saturated rings. The van der Waals surface area contributed by atoms with Gasteiger partial charge in [0.25, 0.3) is 0 Å². The quantitative estimate of drug-likeness (QED) is 0.233. The van der Waals surface area contributed by atoms with E-state index < -0.39 is 0 Å². The molecule has 0 radical (unpaired) electrons. The monoisotopic (exact) mass is 497 g/mol. The average molecular weight is 498 g/mol. The highest BCUT2D eigenvalue weighted by molar-refractivity contribution is 6.13. The maximum absolute atomic E-state index is 3.56. The molecule has 0 saturated carbocycles. The van der Waals surface area contributed by atoms with E-state index >= 15 is 0 Å². The summed E-state index contributed by atoms with van der Waals surface area (Å²) in [6.45, 7) is 0. The molecule has 0 saturated heterocycles. The van der Waals surface area contributed by atoms with E-state index in [0.717, 1.165) is 11.4 Å². The van der Waals surface area contributed by atoms with Crippen LogP contribution in [0.2, 0.25) is 0 Å². The van der Waals surface area contributed by atoms with E-state index in [9.17, 15) is 0 Å². The first kappa shape index (κ1) is 23.0. The van der Waals surface area contributed by atoms with Gasteiger partial charge >= 0.3 is 0 Å². The van der Waals surface area contributed by atoms with Gasteiger partial charge in [0.05, 0.1) is 0 Å². The van der Waals surface area contributed by atoms with E-state index in [0.29, 0.717) is 0 Å². The van der Waals surface area contributed by atoms with E-state index in [1.54, 1.807) is 0 Å². The third kappa shape index (κ3) is 4.56. The third-order valence-corrected chi connectivity index (χ3v) is 7.46. The zero-order chi connectivity index (χ0) is 26.0. The van der Waals surface area contributed by atoms with Crippen molar-refractivity contribution in [1.82, 2.24) is 0 Å². The van der Waals surface area contributed by atoms with E-state index in [-0.39, 0.29) is 0 Å². The Bertz CT molecular complexity index is 1880. The molecule has 1 N–H and O–H groups in total. The minimum absolute atomic E-state index is 1.07. The largest absolute Gasteiger partial charge is 0.356 e. The molecular weight excluding hydrogens is 470 g/mol. The van der Waals surface area contributed by atoms with Gasteiger partial charge in [0, 0.05) is 11.4 Å². The van der Waals surface area contributed by atoms with Crippen LogP contribution in [0.4, 0.5) is 11.4 Å². The van der Waals surface area contributed by atoms with E-state index in [1.807, 2.05) is 0 Å². The van der Waals surface area contributed by atoms with Crippen molar-refractivity contribution in [3.05, 3.63) is 158 Å². The number of nitrogens with one attached hydrogen (secondary N) is 1.